The number of nitrogens with one attached hydrogen (secondary N) is 1. The maximum absolute atomic E-state index is 6.04. The second-order valence-electron chi connectivity index (χ2n) is 5.11. The minimum Gasteiger partial charge on any atom is -0.399 e. The van der Waals surface area contributed by atoms with Crippen LogP contribution in [0.1, 0.15) is 35.4 Å². The molecule has 1 saturated carbocycles. The molecule has 4 heteroatoms. The van der Waals surface area contributed by atoms with E-state index in [-0.39, 0.29) is 0 Å². The van der Waals surface area contributed by atoms with Gasteiger partial charge in [0.15, 0.2) is 0 Å². The minimum absolute atomic E-state index is 0.738. The van der Waals surface area contributed by atoms with Gasteiger partial charge in [-0.2, -0.15) is 0 Å². The average molecular weight is 293 g/mol. The molecule has 1 aromatic heterocycles. The first-order chi connectivity index (χ1) is 9.15. The summed E-state index contributed by atoms with van der Waals surface area (Å²) in [6.07, 6.45) is 2.61. The molecule has 0 radical (unpaired) electrons. The Bertz CT molecular complexity index is 602. The number of anilines is 2. The van der Waals surface area contributed by atoms with Crippen molar-refractivity contribution < 1.29 is 0 Å². The molecule has 3 rings (SSSR count). The maximum atomic E-state index is 6.04. The molecule has 0 bridgehead atoms. The first kappa shape index (κ1) is 12.8. The van der Waals surface area contributed by atoms with Crippen LogP contribution in [-0.2, 0) is 6.54 Å². The molecule has 3 N–H and O–H groups in total. The van der Waals surface area contributed by atoms with Gasteiger partial charge in [0.05, 0.1) is 4.34 Å². The largest absolute Gasteiger partial charge is 0.399 e. The van der Waals surface area contributed by atoms with E-state index < -0.39 is 0 Å². The van der Waals surface area contributed by atoms with Gasteiger partial charge in [0.25, 0.3) is 0 Å². The second-order valence-corrected chi connectivity index (χ2v) is 6.66. The molecular weight excluding hydrogens is 276 g/mol. The van der Waals surface area contributed by atoms with Gasteiger partial charge < -0.3 is 11.1 Å². The van der Waals surface area contributed by atoms with Crippen LogP contribution in [0, 0.1) is 6.92 Å². The van der Waals surface area contributed by atoms with E-state index in [1.165, 1.54) is 29.5 Å². The number of halogens is 1. The van der Waals surface area contributed by atoms with Crippen molar-refractivity contribution in [1.82, 2.24) is 0 Å². The summed E-state index contributed by atoms with van der Waals surface area (Å²) in [5.41, 5.74) is 12.0. The zero-order valence-corrected chi connectivity index (χ0v) is 12.4. The molecule has 100 valence electrons. The van der Waals surface area contributed by atoms with E-state index in [0.717, 1.165) is 28.2 Å². The molecule has 0 spiro atoms. The van der Waals surface area contributed by atoms with E-state index >= 15 is 0 Å². The lowest BCUT2D eigenvalue weighted by Gasteiger charge is -2.15. The van der Waals surface area contributed by atoms with Gasteiger partial charge in [-0.3, -0.25) is 0 Å². The molecule has 0 atom stereocenters. The lowest BCUT2D eigenvalue weighted by molar-refractivity contribution is 1.02. The van der Waals surface area contributed by atoms with Crippen LogP contribution in [0.3, 0.4) is 0 Å². The number of thiophene rings is 1. The standard InChI is InChI=1S/C15H17ClN2S/c1-9-13(7-18-11-6-15(16)19-8-11)12(10-2-3-10)4-5-14(9)17/h4-6,8,10,18H,2-3,7,17H2,1H3. The van der Waals surface area contributed by atoms with Gasteiger partial charge in [-0.15, -0.1) is 11.3 Å². The van der Waals surface area contributed by atoms with E-state index in [9.17, 15) is 0 Å². The van der Waals surface area contributed by atoms with Gasteiger partial charge in [0, 0.05) is 23.3 Å². The van der Waals surface area contributed by atoms with Gasteiger partial charge in [-0.05, 0) is 54.5 Å². The molecule has 1 aliphatic carbocycles. The first-order valence-electron chi connectivity index (χ1n) is 6.51. The second kappa shape index (κ2) is 5.06. The number of hydrogen-bond acceptors (Lipinski definition) is 3. The fourth-order valence-electron chi connectivity index (χ4n) is 2.40. The molecule has 0 amide bonds. The predicted molar refractivity (Wildman–Crippen MR) is 84.2 cm³/mol. The van der Waals surface area contributed by atoms with Gasteiger partial charge in [0.1, 0.15) is 0 Å². The number of rotatable bonds is 4. The fourth-order valence-corrected chi connectivity index (χ4v) is 3.24. The van der Waals surface area contributed by atoms with E-state index in [1.54, 1.807) is 11.3 Å². The van der Waals surface area contributed by atoms with E-state index in [1.807, 2.05) is 17.5 Å². The third kappa shape index (κ3) is 2.72. The highest BCUT2D eigenvalue weighted by Crippen LogP contribution is 2.43. The highest BCUT2D eigenvalue weighted by Gasteiger charge is 2.26. The van der Waals surface area contributed by atoms with Crippen LogP contribution >= 0.6 is 22.9 Å². The SMILES string of the molecule is Cc1c(N)ccc(C2CC2)c1CNc1csc(Cl)c1. The third-order valence-electron chi connectivity index (χ3n) is 3.73. The normalized spacial score (nSPS) is 14.6. The van der Waals surface area contributed by atoms with Crippen LogP contribution in [0.25, 0.3) is 0 Å². The number of nitrogen functional groups attached to an aromatic ring is 1. The fraction of sp³-hybridized carbons (Fsp3) is 0.333. The topological polar surface area (TPSA) is 38.0 Å². The van der Waals surface area contributed by atoms with Crippen molar-refractivity contribution in [3.63, 3.8) is 0 Å². The van der Waals surface area contributed by atoms with Gasteiger partial charge in [-0.1, -0.05) is 17.7 Å². The molecule has 1 heterocycles. The Balaban J connectivity index is 1.84. The zero-order chi connectivity index (χ0) is 13.4. The monoisotopic (exact) mass is 292 g/mol. The molecule has 0 aliphatic heterocycles. The van der Waals surface area contributed by atoms with Crippen molar-refractivity contribution in [3.8, 4) is 0 Å². The summed E-state index contributed by atoms with van der Waals surface area (Å²) in [6, 6.07) is 6.19. The number of nitrogens with two attached hydrogens (primary N) is 1. The summed E-state index contributed by atoms with van der Waals surface area (Å²) in [6.45, 7) is 2.93. The van der Waals surface area contributed by atoms with E-state index in [4.69, 9.17) is 17.3 Å². The summed E-state index contributed by atoms with van der Waals surface area (Å²) < 4.78 is 0.814. The van der Waals surface area contributed by atoms with Crippen molar-refractivity contribution in [2.75, 3.05) is 11.1 Å². The third-order valence-corrected chi connectivity index (χ3v) is 4.82. The summed E-state index contributed by atoms with van der Waals surface area (Å²) in [5.74, 6) is 0.738. The van der Waals surface area contributed by atoms with Gasteiger partial charge in [0.2, 0.25) is 0 Å². The van der Waals surface area contributed by atoms with Gasteiger partial charge in [-0.25, -0.2) is 0 Å². The summed E-state index contributed by atoms with van der Waals surface area (Å²) in [7, 11) is 0. The molecule has 2 nitrogen and oxygen atoms in total. The van der Waals surface area contributed by atoms with Gasteiger partial charge >= 0.3 is 0 Å². The van der Waals surface area contributed by atoms with Crippen molar-refractivity contribution in [2.45, 2.75) is 32.2 Å². The lowest BCUT2D eigenvalue weighted by atomic mass is 9.97. The van der Waals surface area contributed by atoms with Crippen LogP contribution in [0.5, 0.6) is 0 Å². The smallest absolute Gasteiger partial charge is 0.0949 e. The lowest BCUT2D eigenvalue weighted by Crippen LogP contribution is -2.06. The Morgan fingerprint density at radius 1 is 1.42 bits per heavy atom. The van der Waals surface area contributed by atoms with Crippen molar-refractivity contribution in [3.05, 3.63) is 44.6 Å². The predicted octanol–water partition coefficient (Wildman–Crippen LogP) is 4.78. The summed E-state index contributed by atoms with van der Waals surface area (Å²) in [5, 5.41) is 5.49. The van der Waals surface area contributed by atoms with Crippen molar-refractivity contribution in [2.24, 2.45) is 0 Å². The summed E-state index contributed by atoms with van der Waals surface area (Å²) >= 11 is 7.50. The van der Waals surface area contributed by atoms with E-state index in [0.29, 0.717) is 0 Å². The minimum atomic E-state index is 0.738. The average Bonchev–Trinajstić information content (AvgIpc) is 3.14. The van der Waals surface area contributed by atoms with Crippen LogP contribution < -0.4 is 11.1 Å². The van der Waals surface area contributed by atoms with Crippen LogP contribution in [0.15, 0.2) is 23.6 Å². The Morgan fingerprint density at radius 3 is 2.84 bits per heavy atom. The molecule has 1 fully saturated rings. The Labute approximate surface area is 122 Å². The number of hydrogen-bond donors (Lipinski definition) is 2. The molecule has 1 aliphatic rings. The zero-order valence-electron chi connectivity index (χ0n) is 10.9. The number of benzene rings is 1. The van der Waals surface area contributed by atoms with Crippen LogP contribution in [0.2, 0.25) is 4.34 Å². The maximum Gasteiger partial charge on any atom is 0.0949 e. The quantitative estimate of drug-likeness (QED) is 0.796. The molecule has 0 saturated heterocycles. The van der Waals surface area contributed by atoms with Crippen LogP contribution in [-0.4, -0.2) is 0 Å². The van der Waals surface area contributed by atoms with Crippen molar-refractivity contribution in [1.29, 1.82) is 0 Å². The highest BCUT2D eigenvalue weighted by molar-refractivity contribution is 7.14. The molecule has 1 aromatic carbocycles. The van der Waals surface area contributed by atoms with Crippen molar-refractivity contribution >= 4 is 34.3 Å². The van der Waals surface area contributed by atoms with Crippen LogP contribution in [0.4, 0.5) is 11.4 Å². The van der Waals surface area contributed by atoms with E-state index in [2.05, 4.69) is 18.3 Å². The Hall–Kier alpha value is -1.19. The first-order valence-corrected chi connectivity index (χ1v) is 7.76. The molecular formula is C15H17ClN2S. The Kier molecular flexibility index (Phi) is 3.42. The molecule has 0 unspecified atom stereocenters. The molecule has 2 aromatic rings. The summed E-state index contributed by atoms with van der Waals surface area (Å²) in [4.78, 5) is 0. The molecule has 19 heavy (non-hydrogen) atoms. The Morgan fingerprint density at radius 2 is 2.21 bits per heavy atom. The highest BCUT2D eigenvalue weighted by atomic mass is 35.5.